The van der Waals surface area contributed by atoms with Gasteiger partial charge in [0.1, 0.15) is 0 Å². The van der Waals surface area contributed by atoms with Crippen LogP contribution in [0.5, 0.6) is 0 Å². The van der Waals surface area contributed by atoms with E-state index >= 15 is 0 Å². The van der Waals surface area contributed by atoms with Crippen molar-refractivity contribution < 1.29 is 19.1 Å². The number of hydrogen-bond donors (Lipinski definition) is 1. The van der Waals surface area contributed by atoms with E-state index in [1.54, 1.807) is 11.3 Å². The lowest BCUT2D eigenvalue weighted by Crippen LogP contribution is -2.57. The van der Waals surface area contributed by atoms with Gasteiger partial charge >= 0.3 is 5.97 Å². The first-order chi connectivity index (χ1) is 12.9. The number of aryl methyl sites for hydroxylation is 2. The average molecular weight is 393 g/mol. The smallest absolute Gasteiger partial charge is 0.308 e. The fraction of sp³-hybridized carbons (Fsp3) is 0.700. The molecule has 1 aromatic heterocycles. The molecule has 1 saturated heterocycles. The summed E-state index contributed by atoms with van der Waals surface area (Å²) in [4.78, 5) is 29.2. The summed E-state index contributed by atoms with van der Waals surface area (Å²) in [6, 6.07) is 0.216. The maximum absolute atomic E-state index is 13.0. The van der Waals surface area contributed by atoms with Gasteiger partial charge in [0, 0.05) is 28.9 Å². The zero-order chi connectivity index (χ0) is 19.2. The molecular weight excluding hydrogens is 364 g/mol. The monoisotopic (exact) mass is 392 g/mol. The first kappa shape index (κ1) is 18.7. The van der Waals surface area contributed by atoms with Gasteiger partial charge in [-0.2, -0.15) is 0 Å². The average Bonchev–Trinajstić information content (AvgIpc) is 2.89. The summed E-state index contributed by atoms with van der Waals surface area (Å²) in [5.74, 6) is 0.0102. The summed E-state index contributed by atoms with van der Waals surface area (Å²) < 4.78 is 10.3. The van der Waals surface area contributed by atoms with E-state index in [9.17, 15) is 9.59 Å². The van der Waals surface area contributed by atoms with Crippen molar-refractivity contribution in [1.82, 2.24) is 5.32 Å². The second-order valence-corrected chi connectivity index (χ2v) is 9.67. The van der Waals surface area contributed by atoms with Crippen LogP contribution in [0.2, 0.25) is 0 Å². The van der Waals surface area contributed by atoms with Crippen molar-refractivity contribution in [2.24, 2.45) is 11.3 Å². The van der Waals surface area contributed by atoms with E-state index in [1.807, 2.05) is 6.92 Å². The molecule has 2 heterocycles. The van der Waals surface area contributed by atoms with E-state index in [1.165, 1.54) is 12.0 Å². The number of rotatable bonds is 4. The number of amides is 1. The molecule has 7 heteroatoms. The first-order valence-corrected chi connectivity index (χ1v) is 10.6. The molecule has 6 nitrogen and oxygen atoms in total. The predicted molar refractivity (Wildman–Crippen MR) is 104 cm³/mol. The molecule has 3 fully saturated rings. The minimum atomic E-state index is -0.0902. The fourth-order valence-electron chi connectivity index (χ4n) is 5.10. The SMILES string of the molecule is COC(=O)C1CC2(CC(NC(=O)c3c(C)sc(C)c3N3CCOCC3)C2)C1. The zero-order valence-electron chi connectivity index (χ0n) is 16.3. The maximum atomic E-state index is 13.0. The van der Waals surface area contributed by atoms with Crippen LogP contribution in [0, 0.1) is 25.2 Å². The van der Waals surface area contributed by atoms with Gasteiger partial charge in [0.25, 0.3) is 5.91 Å². The number of thiophene rings is 1. The van der Waals surface area contributed by atoms with E-state index < -0.39 is 0 Å². The summed E-state index contributed by atoms with van der Waals surface area (Å²) in [7, 11) is 1.45. The molecule has 3 aliphatic rings. The van der Waals surface area contributed by atoms with Crippen LogP contribution in [0.1, 0.15) is 45.8 Å². The predicted octanol–water partition coefficient (Wildman–Crippen LogP) is 2.66. The van der Waals surface area contributed by atoms with Crippen molar-refractivity contribution in [1.29, 1.82) is 0 Å². The van der Waals surface area contributed by atoms with Gasteiger partial charge in [-0.05, 0) is 44.9 Å². The highest BCUT2D eigenvalue weighted by Crippen LogP contribution is 2.59. The van der Waals surface area contributed by atoms with E-state index in [4.69, 9.17) is 9.47 Å². The number of nitrogens with one attached hydrogen (secondary N) is 1. The van der Waals surface area contributed by atoms with Crippen molar-refractivity contribution in [3.8, 4) is 0 Å². The Balaban J connectivity index is 1.38. The Kier molecular flexibility index (Phi) is 4.93. The lowest BCUT2D eigenvalue weighted by atomic mass is 9.50. The first-order valence-electron chi connectivity index (χ1n) is 9.74. The minimum Gasteiger partial charge on any atom is -0.469 e. The van der Waals surface area contributed by atoms with Crippen molar-refractivity contribution in [2.45, 2.75) is 45.6 Å². The van der Waals surface area contributed by atoms with E-state index in [2.05, 4.69) is 17.1 Å². The van der Waals surface area contributed by atoms with Gasteiger partial charge in [0.2, 0.25) is 0 Å². The van der Waals surface area contributed by atoms with Crippen LogP contribution in [0.3, 0.4) is 0 Å². The molecule has 1 aliphatic heterocycles. The third-order valence-electron chi connectivity index (χ3n) is 6.37. The number of esters is 1. The molecule has 27 heavy (non-hydrogen) atoms. The van der Waals surface area contributed by atoms with Crippen LogP contribution in [-0.2, 0) is 14.3 Å². The molecule has 2 saturated carbocycles. The van der Waals surface area contributed by atoms with Gasteiger partial charge in [-0.25, -0.2) is 0 Å². The number of morpholine rings is 1. The molecule has 2 aliphatic carbocycles. The van der Waals surface area contributed by atoms with Gasteiger partial charge in [-0.1, -0.05) is 0 Å². The highest BCUT2D eigenvalue weighted by Gasteiger charge is 2.55. The van der Waals surface area contributed by atoms with Crippen LogP contribution in [0.25, 0.3) is 0 Å². The molecule has 0 unspecified atom stereocenters. The molecule has 1 aromatic rings. The Morgan fingerprint density at radius 3 is 2.44 bits per heavy atom. The van der Waals surface area contributed by atoms with Crippen molar-refractivity contribution in [3.05, 3.63) is 15.3 Å². The number of anilines is 1. The standard InChI is InChI=1S/C20H28N2O4S/c1-12-16(17(13(2)27-12)22-4-6-26-7-5-22)18(23)21-15-10-20(11-15)8-14(9-20)19(24)25-3/h14-15H,4-11H2,1-3H3,(H,21,23). The van der Waals surface area contributed by atoms with Crippen molar-refractivity contribution >= 4 is 28.9 Å². The molecule has 1 N–H and O–H groups in total. The van der Waals surface area contributed by atoms with E-state index in [0.29, 0.717) is 13.2 Å². The Morgan fingerprint density at radius 1 is 1.15 bits per heavy atom. The molecule has 0 atom stereocenters. The van der Waals surface area contributed by atoms with E-state index in [0.717, 1.165) is 54.9 Å². The number of methoxy groups -OCH3 is 1. The van der Waals surface area contributed by atoms with Crippen LogP contribution < -0.4 is 10.2 Å². The Morgan fingerprint density at radius 2 is 1.81 bits per heavy atom. The molecular formula is C20H28N2O4S. The fourth-order valence-corrected chi connectivity index (χ4v) is 6.18. The van der Waals surface area contributed by atoms with Crippen molar-refractivity contribution in [3.63, 3.8) is 0 Å². The molecule has 1 spiro atoms. The van der Waals surface area contributed by atoms with Gasteiger partial charge < -0.3 is 19.7 Å². The van der Waals surface area contributed by atoms with Crippen molar-refractivity contribution in [2.75, 3.05) is 38.3 Å². The minimum absolute atomic E-state index is 0.0435. The summed E-state index contributed by atoms with van der Waals surface area (Å²) in [5, 5.41) is 3.24. The normalized spacial score (nSPS) is 29.8. The zero-order valence-corrected chi connectivity index (χ0v) is 17.1. The number of carbonyl (C=O) groups excluding carboxylic acids is 2. The summed E-state index contributed by atoms with van der Waals surface area (Å²) in [6.45, 7) is 7.21. The van der Waals surface area contributed by atoms with Gasteiger partial charge in [-0.3, -0.25) is 9.59 Å². The highest BCUT2D eigenvalue weighted by atomic mass is 32.1. The number of carbonyl (C=O) groups is 2. The lowest BCUT2D eigenvalue weighted by Gasteiger charge is -2.56. The Hall–Kier alpha value is -1.60. The molecule has 1 amide bonds. The quantitative estimate of drug-likeness (QED) is 0.798. The van der Waals surface area contributed by atoms with Gasteiger partial charge in [0.05, 0.1) is 37.5 Å². The van der Waals surface area contributed by atoms with Gasteiger partial charge in [-0.15, -0.1) is 11.3 Å². The maximum Gasteiger partial charge on any atom is 0.308 e. The number of hydrogen-bond acceptors (Lipinski definition) is 6. The van der Waals surface area contributed by atoms with Gasteiger partial charge in [0.15, 0.2) is 0 Å². The number of ether oxygens (including phenoxy) is 2. The topological polar surface area (TPSA) is 67.9 Å². The van der Waals surface area contributed by atoms with Crippen LogP contribution >= 0.6 is 11.3 Å². The van der Waals surface area contributed by atoms with Crippen LogP contribution in [0.4, 0.5) is 5.69 Å². The summed E-state index contributed by atoms with van der Waals surface area (Å²) >= 11 is 1.70. The van der Waals surface area contributed by atoms with Crippen LogP contribution in [0.15, 0.2) is 0 Å². The van der Waals surface area contributed by atoms with E-state index in [-0.39, 0.29) is 29.3 Å². The molecule has 0 bridgehead atoms. The Bertz CT molecular complexity index is 739. The highest BCUT2D eigenvalue weighted by molar-refractivity contribution is 7.12. The third-order valence-corrected chi connectivity index (χ3v) is 7.38. The second-order valence-electron chi connectivity index (χ2n) is 8.24. The summed E-state index contributed by atoms with van der Waals surface area (Å²) in [5.41, 5.74) is 2.17. The largest absolute Gasteiger partial charge is 0.469 e. The van der Waals surface area contributed by atoms with Crippen LogP contribution in [-0.4, -0.2) is 51.3 Å². The summed E-state index contributed by atoms with van der Waals surface area (Å²) in [6.07, 6.45) is 3.76. The molecule has 0 aromatic carbocycles. The lowest BCUT2D eigenvalue weighted by molar-refractivity contribution is -0.159. The molecule has 148 valence electrons. The molecule has 0 radical (unpaired) electrons. The third kappa shape index (κ3) is 3.36. The Labute approximate surface area is 164 Å². The second kappa shape index (κ2) is 7.09. The molecule has 4 rings (SSSR count). The number of nitrogens with zero attached hydrogens (tertiary/aromatic N) is 1.